The van der Waals surface area contributed by atoms with E-state index in [0.29, 0.717) is 12.0 Å². The SMILES string of the molecule is CCN(CC)c1ccc([C@H]2NCC[C@@]3(O)CCCC[C@@H]23)cc1. The van der Waals surface area contributed by atoms with Gasteiger partial charge in [-0.15, -0.1) is 0 Å². The Balaban J connectivity index is 1.80. The molecule has 22 heavy (non-hydrogen) atoms. The molecule has 0 amide bonds. The van der Waals surface area contributed by atoms with Crippen LogP contribution in [0.5, 0.6) is 0 Å². The molecule has 1 aromatic carbocycles. The Morgan fingerprint density at radius 1 is 1.14 bits per heavy atom. The van der Waals surface area contributed by atoms with E-state index in [1.807, 2.05) is 0 Å². The average Bonchev–Trinajstić information content (AvgIpc) is 2.55. The van der Waals surface area contributed by atoms with Crippen LogP contribution in [0.1, 0.15) is 57.6 Å². The van der Waals surface area contributed by atoms with Crippen molar-refractivity contribution in [2.45, 2.75) is 57.6 Å². The normalized spacial score (nSPS) is 31.6. The fourth-order valence-electron chi connectivity index (χ4n) is 4.45. The first kappa shape index (κ1) is 15.8. The molecule has 3 nitrogen and oxygen atoms in total. The standard InChI is InChI=1S/C19H30N2O/c1-3-21(4-2)16-10-8-15(9-11-16)18-17-7-5-6-12-19(17,22)13-14-20-18/h8-11,17-18,20,22H,3-7,12-14H2,1-2H3/t17-,18+,19-/m0/s1. The Kier molecular flexibility index (Phi) is 4.74. The maximum Gasteiger partial charge on any atom is 0.0706 e. The summed E-state index contributed by atoms with van der Waals surface area (Å²) in [6.45, 7) is 7.40. The van der Waals surface area contributed by atoms with Gasteiger partial charge in [0, 0.05) is 30.7 Å². The third-order valence-electron chi connectivity index (χ3n) is 5.77. The highest BCUT2D eigenvalue weighted by atomic mass is 16.3. The highest BCUT2D eigenvalue weighted by molar-refractivity contribution is 5.48. The molecule has 0 aromatic heterocycles. The lowest BCUT2D eigenvalue weighted by molar-refractivity contribution is -0.0861. The fraction of sp³-hybridized carbons (Fsp3) is 0.684. The van der Waals surface area contributed by atoms with Crippen molar-refractivity contribution in [2.75, 3.05) is 24.5 Å². The summed E-state index contributed by atoms with van der Waals surface area (Å²) >= 11 is 0. The second-order valence-corrected chi connectivity index (χ2v) is 6.90. The molecule has 122 valence electrons. The molecule has 2 N–H and O–H groups in total. The topological polar surface area (TPSA) is 35.5 Å². The molecule has 0 spiro atoms. The van der Waals surface area contributed by atoms with Crippen molar-refractivity contribution in [3.05, 3.63) is 29.8 Å². The van der Waals surface area contributed by atoms with Crippen LogP contribution in [0.4, 0.5) is 5.69 Å². The minimum absolute atomic E-state index is 0.310. The molecule has 0 bridgehead atoms. The first-order chi connectivity index (χ1) is 10.7. The molecule has 0 unspecified atom stereocenters. The van der Waals surface area contributed by atoms with Crippen LogP contribution in [-0.4, -0.2) is 30.3 Å². The number of fused-ring (bicyclic) bond motifs is 1. The molecule has 3 rings (SSSR count). The van der Waals surface area contributed by atoms with Gasteiger partial charge in [-0.1, -0.05) is 25.0 Å². The molecule has 1 aromatic rings. The number of nitrogens with one attached hydrogen (secondary N) is 1. The van der Waals surface area contributed by atoms with Gasteiger partial charge in [-0.2, -0.15) is 0 Å². The quantitative estimate of drug-likeness (QED) is 0.893. The van der Waals surface area contributed by atoms with Crippen molar-refractivity contribution in [2.24, 2.45) is 5.92 Å². The van der Waals surface area contributed by atoms with Crippen molar-refractivity contribution in [3.8, 4) is 0 Å². The Morgan fingerprint density at radius 2 is 1.86 bits per heavy atom. The number of rotatable bonds is 4. The third kappa shape index (κ3) is 2.89. The molecule has 0 radical (unpaired) electrons. The Hall–Kier alpha value is -1.06. The minimum atomic E-state index is -0.439. The van der Waals surface area contributed by atoms with Gasteiger partial charge in [0.15, 0.2) is 0 Å². The molecular weight excluding hydrogens is 272 g/mol. The summed E-state index contributed by atoms with van der Waals surface area (Å²) in [5.41, 5.74) is 2.19. The maximum atomic E-state index is 11.0. The summed E-state index contributed by atoms with van der Waals surface area (Å²) in [6.07, 6.45) is 5.47. The van der Waals surface area contributed by atoms with E-state index >= 15 is 0 Å². The summed E-state index contributed by atoms with van der Waals surface area (Å²) in [7, 11) is 0. The zero-order valence-electron chi connectivity index (χ0n) is 14.0. The van der Waals surface area contributed by atoms with E-state index in [4.69, 9.17) is 0 Å². The Bertz CT molecular complexity index is 479. The lowest BCUT2D eigenvalue weighted by atomic mass is 9.67. The maximum absolute atomic E-state index is 11.0. The van der Waals surface area contributed by atoms with Gasteiger partial charge in [0.25, 0.3) is 0 Å². The Labute approximate surface area is 134 Å². The van der Waals surface area contributed by atoms with Crippen LogP contribution in [0.2, 0.25) is 0 Å². The Morgan fingerprint density at radius 3 is 2.55 bits per heavy atom. The van der Waals surface area contributed by atoms with Gasteiger partial charge in [0.05, 0.1) is 5.60 Å². The number of hydrogen-bond donors (Lipinski definition) is 2. The first-order valence-corrected chi connectivity index (χ1v) is 8.98. The highest BCUT2D eigenvalue weighted by Gasteiger charge is 2.45. The predicted octanol–water partition coefficient (Wildman–Crippen LogP) is 3.49. The van der Waals surface area contributed by atoms with Gasteiger partial charge in [-0.25, -0.2) is 0 Å². The number of anilines is 1. The summed E-state index contributed by atoms with van der Waals surface area (Å²) in [6, 6.07) is 9.29. The van der Waals surface area contributed by atoms with E-state index in [0.717, 1.165) is 38.9 Å². The molecule has 3 atom stereocenters. The molecule has 1 saturated heterocycles. The summed E-state index contributed by atoms with van der Waals surface area (Å²) in [4.78, 5) is 2.37. The molecule has 1 heterocycles. The smallest absolute Gasteiger partial charge is 0.0706 e. The fourth-order valence-corrected chi connectivity index (χ4v) is 4.45. The number of benzene rings is 1. The summed E-state index contributed by atoms with van der Waals surface area (Å²) in [5.74, 6) is 0.370. The molecule has 1 aliphatic heterocycles. The second kappa shape index (κ2) is 6.59. The van der Waals surface area contributed by atoms with E-state index in [2.05, 4.69) is 48.3 Å². The van der Waals surface area contributed by atoms with Crippen LogP contribution in [0, 0.1) is 5.92 Å². The molecule has 2 aliphatic rings. The van der Waals surface area contributed by atoms with Gasteiger partial charge >= 0.3 is 0 Å². The van der Waals surface area contributed by atoms with Crippen LogP contribution in [-0.2, 0) is 0 Å². The van der Waals surface area contributed by atoms with Gasteiger partial charge in [0.2, 0.25) is 0 Å². The lowest BCUT2D eigenvalue weighted by Crippen LogP contribution is -2.53. The van der Waals surface area contributed by atoms with Crippen molar-refractivity contribution >= 4 is 5.69 Å². The van der Waals surface area contributed by atoms with Gasteiger partial charge in [0.1, 0.15) is 0 Å². The van der Waals surface area contributed by atoms with E-state index in [1.54, 1.807) is 0 Å². The van der Waals surface area contributed by atoms with Crippen LogP contribution in [0.3, 0.4) is 0 Å². The number of aliphatic hydroxyl groups is 1. The van der Waals surface area contributed by atoms with E-state index in [9.17, 15) is 5.11 Å². The van der Waals surface area contributed by atoms with Crippen molar-refractivity contribution < 1.29 is 5.11 Å². The van der Waals surface area contributed by atoms with Crippen LogP contribution in [0.15, 0.2) is 24.3 Å². The minimum Gasteiger partial charge on any atom is -0.389 e. The van der Waals surface area contributed by atoms with E-state index < -0.39 is 5.60 Å². The number of piperidine rings is 1. The highest BCUT2D eigenvalue weighted by Crippen LogP contribution is 2.45. The zero-order valence-corrected chi connectivity index (χ0v) is 14.0. The van der Waals surface area contributed by atoms with E-state index in [1.165, 1.54) is 24.1 Å². The summed E-state index contributed by atoms with van der Waals surface area (Å²) in [5, 5.41) is 14.7. The third-order valence-corrected chi connectivity index (χ3v) is 5.77. The predicted molar refractivity (Wildman–Crippen MR) is 92.3 cm³/mol. The monoisotopic (exact) mass is 302 g/mol. The van der Waals surface area contributed by atoms with Crippen LogP contribution in [0.25, 0.3) is 0 Å². The molecular formula is C19H30N2O. The van der Waals surface area contributed by atoms with Crippen LogP contribution < -0.4 is 10.2 Å². The summed E-state index contributed by atoms with van der Waals surface area (Å²) < 4.78 is 0. The van der Waals surface area contributed by atoms with E-state index in [-0.39, 0.29) is 0 Å². The molecule has 1 aliphatic carbocycles. The van der Waals surface area contributed by atoms with Crippen molar-refractivity contribution in [1.82, 2.24) is 5.32 Å². The second-order valence-electron chi connectivity index (χ2n) is 6.90. The first-order valence-electron chi connectivity index (χ1n) is 8.98. The van der Waals surface area contributed by atoms with Crippen molar-refractivity contribution in [1.29, 1.82) is 0 Å². The largest absolute Gasteiger partial charge is 0.389 e. The molecule has 1 saturated carbocycles. The van der Waals surface area contributed by atoms with Crippen molar-refractivity contribution in [3.63, 3.8) is 0 Å². The van der Waals surface area contributed by atoms with Gasteiger partial charge < -0.3 is 15.3 Å². The lowest BCUT2D eigenvalue weighted by Gasteiger charge is -2.48. The van der Waals surface area contributed by atoms with Gasteiger partial charge in [-0.05, 0) is 57.4 Å². The molecule has 2 fully saturated rings. The number of hydrogen-bond acceptors (Lipinski definition) is 3. The zero-order chi connectivity index (χ0) is 15.6. The molecule has 3 heteroatoms. The van der Waals surface area contributed by atoms with Crippen LogP contribution >= 0.6 is 0 Å². The van der Waals surface area contributed by atoms with Gasteiger partial charge in [-0.3, -0.25) is 0 Å². The average molecular weight is 302 g/mol. The number of nitrogens with zero attached hydrogens (tertiary/aromatic N) is 1.